The zero-order valence-corrected chi connectivity index (χ0v) is 9.84. The molecule has 0 atom stereocenters. The van der Waals surface area contributed by atoms with Crippen molar-refractivity contribution in [3.8, 4) is 0 Å². The molecule has 3 heteroatoms. The fraction of sp³-hybridized carbons (Fsp3) is 1.00. The molecule has 0 bridgehead atoms. The van der Waals surface area contributed by atoms with E-state index in [9.17, 15) is 10.2 Å². The molecule has 0 aromatic rings. The summed E-state index contributed by atoms with van der Waals surface area (Å²) in [5.74, 6) is 0. The molecule has 0 aromatic heterocycles. The zero-order valence-electron chi connectivity index (χ0n) is 9.84. The van der Waals surface area contributed by atoms with E-state index in [1.807, 2.05) is 0 Å². The van der Waals surface area contributed by atoms with Gasteiger partial charge in [-0.05, 0) is 44.2 Å². The summed E-state index contributed by atoms with van der Waals surface area (Å²) in [7, 11) is 0. The second-order valence-corrected chi connectivity index (χ2v) is 6.24. The van der Waals surface area contributed by atoms with Crippen LogP contribution < -0.4 is 5.32 Å². The fourth-order valence-electron chi connectivity index (χ4n) is 3.74. The van der Waals surface area contributed by atoms with Gasteiger partial charge >= 0.3 is 0 Å². The summed E-state index contributed by atoms with van der Waals surface area (Å²) in [6.07, 6.45) is 3.47. The second kappa shape index (κ2) is 3.44. The number of hydrogen-bond acceptors (Lipinski definition) is 3. The Labute approximate surface area is 91.9 Å². The maximum Gasteiger partial charge on any atom is 0.0750 e. The molecule has 0 amide bonds. The molecular weight excluding hydrogens is 190 g/mol. The molecule has 15 heavy (non-hydrogen) atoms. The molecule has 3 N–H and O–H groups in total. The molecule has 1 saturated carbocycles. The third-order valence-electron chi connectivity index (χ3n) is 4.35. The molecule has 2 aliphatic rings. The third-order valence-corrected chi connectivity index (χ3v) is 4.35. The highest BCUT2D eigenvalue weighted by molar-refractivity contribution is 5.10. The van der Waals surface area contributed by atoms with Gasteiger partial charge in [-0.1, -0.05) is 13.8 Å². The summed E-state index contributed by atoms with van der Waals surface area (Å²) >= 11 is 0. The van der Waals surface area contributed by atoms with Gasteiger partial charge in [-0.2, -0.15) is 0 Å². The van der Waals surface area contributed by atoms with Gasteiger partial charge in [0.2, 0.25) is 0 Å². The van der Waals surface area contributed by atoms with E-state index in [1.165, 1.54) is 0 Å². The van der Waals surface area contributed by atoms with Gasteiger partial charge in [-0.3, -0.25) is 0 Å². The zero-order chi connectivity index (χ0) is 11.2. The van der Waals surface area contributed by atoms with Crippen LogP contribution in [-0.2, 0) is 0 Å². The van der Waals surface area contributed by atoms with E-state index in [1.54, 1.807) is 0 Å². The van der Waals surface area contributed by atoms with Gasteiger partial charge in [0.15, 0.2) is 0 Å². The number of aliphatic hydroxyl groups excluding tert-OH is 1. The highest BCUT2D eigenvalue weighted by Gasteiger charge is 2.60. The van der Waals surface area contributed by atoms with Gasteiger partial charge in [0.1, 0.15) is 0 Å². The summed E-state index contributed by atoms with van der Waals surface area (Å²) in [6.45, 7) is 6.31. The lowest BCUT2D eigenvalue weighted by Crippen LogP contribution is -2.63. The smallest absolute Gasteiger partial charge is 0.0750 e. The number of piperidine rings is 1. The van der Waals surface area contributed by atoms with E-state index in [0.717, 1.165) is 38.8 Å². The molecule has 0 spiro atoms. The minimum Gasteiger partial charge on any atom is -0.396 e. The average Bonchev–Trinajstić information content (AvgIpc) is 2.14. The van der Waals surface area contributed by atoms with Crippen molar-refractivity contribution in [1.29, 1.82) is 0 Å². The Bertz CT molecular complexity index is 236. The van der Waals surface area contributed by atoms with Crippen LogP contribution in [-0.4, -0.2) is 35.5 Å². The second-order valence-electron chi connectivity index (χ2n) is 6.24. The number of rotatable bonds is 2. The van der Waals surface area contributed by atoms with Crippen LogP contribution in [0, 0.1) is 10.8 Å². The van der Waals surface area contributed by atoms with Crippen molar-refractivity contribution in [3.63, 3.8) is 0 Å². The molecule has 2 rings (SSSR count). The third kappa shape index (κ3) is 1.71. The largest absolute Gasteiger partial charge is 0.396 e. The van der Waals surface area contributed by atoms with Crippen LogP contribution in [0.2, 0.25) is 0 Å². The Morgan fingerprint density at radius 2 is 1.67 bits per heavy atom. The number of hydrogen-bond donors (Lipinski definition) is 3. The summed E-state index contributed by atoms with van der Waals surface area (Å²) < 4.78 is 0. The van der Waals surface area contributed by atoms with Crippen LogP contribution in [0.25, 0.3) is 0 Å². The van der Waals surface area contributed by atoms with Crippen molar-refractivity contribution in [1.82, 2.24) is 5.32 Å². The molecule has 1 aliphatic heterocycles. The predicted octanol–water partition coefficient (Wildman–Crippen LogP) is 0.900. The molecule has 1 heterocycles. The summed E-state index contributed by atoms with van der Waals surface area (Å²) in [6, 6.07) is 0. The monoisotopic (exact) mass is 213 g/mol. The fourth-order valence-corrected chi connectivity index (χ4v) is 3.74. The van der Waals surface area contributed by atoms with Gasteiger partial charge in [-0.25, -0.2) is 0 Å². The molecule has 1 saturated heterocycles. The molecule has 88 valence electrons. The summed E-state index contributed by atoms with van der Waals surface area (Å²) in [5, 5.41) is 23.5. The first kappa shape index (κ1) is 11.4. The SMILES string of the molecule is CC1(C)CC(CO)(C2(O)CCNCC2)C1. The highest BCUT2D eigenvalue weighted by atomic mass is 16.3. The average molecular weight is 213 g/mol. The standard InChI is InChI=1S/C12H23NO2/c1-10(2)7-11(8-10,9-14)12(15)3-5-13-6-4-12/h13-15H,3-9H2,1-2H3. The number of nitrogens with one attached hydrogen (secondary N) is 1. The first-order chi connectivity index (χ1) is 6.93. The van der Waals surface area contributed by atoms with Crippen molar-refractivity contribution in [2.24, 2.45) is 10.8 Å². The maximum atomic E-state index is 10.7. The van der Waals surface area contributed by atoms with E-state index in [2.05, 4.69) is 19.2 Å². The van der Waals surface area contributed by atoms with Crippen molar-refractivity contribution >= 4 is 0 Å². The van der Waals surface area contributed by atoms with Crippen molar-refractivity contribution in [3.05, 3.63) is 0 Å². The van der Waals surface area contributed by atoms with Gasteiger partial charge in [0.05, 0.1) is 12.2 Å². The molecule has 0 radical (unpaired) electrons. The highest BCUT2D eigenvalue weighted by Crippen LogP contribution is 2.60. The minimum absolute atomic E-state index is 0.132. The Morgan fingerprint density at radius 1 is 1.13 bits per heavy atom. The van der Waals surface area contributed by atoms with Crippen molar-refractivity contribution in [2.75, 3.05) is 19.7 Å². The van der Waals surface area contributed by atoms with Crippen LogP contribution in [0.4, 0.5) is 0 Å². The van der Waals surface area contributed by atoms with Crippen LogP contribution in [0.3, 0.4) is 0 Å². The first-order valence-electron chi connectivity index (χ1n) is 5.97. The molecule has 0 aromatic carbocycles. The lowest BCUT2D eigenvalue weighted by atomic mass is 9.47. The van der Waals surface area contributed by atoms with Gasteiger partial charge < -0.3 is 15.5 Å². The van der Waals surface area contributed by atoms with Crippen molar-refractivity contribution < 1.29 is 10.2 Å². The summed E-state index contributed by atoms with van der Waals surface area (Å²) in [5.41, 5.74) is -0.565. The lowest BCUT2D eigenvalue weighted by Gasteiger charge is -2.61. The minimum atomic E-state index is -0.636. The summed E-state index contributed by atoms with van der Waals surface area (Å²) in [4.78, 5) is 0. The van der Waals surface area contributed by atoms with Gasteiger partial charge in [0, 0.05) is 5.41 Å². The molecular formula is C12H23NO2. The first-order valence-corrected chi connectivity index (χ1v) is 5.97. The Hall–Kier alpha value is -0.120. The molecule has 1 aliphatic carbocycles. The van der Waals surface area contributed by atoms with Gasteiger partial charge in [0.25, 0.3) is 0 Å². The Morgan fingerprint density at radius 3 is 2.07 bits per heavy atom. The van der Waals surface area contributed by atoms with E-state index < -0.39 is 5.60 Å². The number of aliphatic hydroxyl groups is 2. The van der Waals surface area contributed by atoms with Gasteiger partial charge in [-0.15, -0.1) is 0 Å². The molecule has 0 unspecified atom stereocenters. The van der Waals surface area contributed by atoms with E-state index in [0.29, 0.717) is 5.41 Å². The van der Waals surface area contributed by atoms with E-state index in [-0.39, 0.29) is 12.0 Å². The van der Waals surface area contributed by atoms with Crippen molar-refractivity contribution in [2.45, 2.75) is 45.1 Å². The Balaban J connectivity index is 2.13. The Kier molecular flexibility index (Phi) is 2.61. The molecule has 2 fully saturated rings. The maximum absolute atomic E-state index is 10.7. The van der Waals surface area contributed by atoms with Crippen LogP contribution in [0.15, 0.2) is 0 Å². The normalized spacial score (nSPS) is 32.0. The van der Waals surface area contributed by atoms with Crippen LogP contribution >= 0.6 is 0 Å². The molecule has 3 nitrogen and oxygen atoms in total. The van der Waals surface area contributed by atoms with Crippen LogP contribution in [0.1, 0.15) is 39.5 Å². The topological polar surface area (TPSA) is 52.5 Å². The van der Waals surface area contributed by atoms with E-state index in [4.69, 9.17) is 0 Å². The van der Waals surface area contributed by atoms with Crippen LogP contribution in [0.5, 0.6) is 0 Å². The van der Waals surface area contributed by atoms with E-state index >= 15 is 0 Å². The quantitative estimate of drug-likeness (QED) is 0.639. The predicted molar refractivity (Wildman–Crippen MR) is 59.6 cm³/mol. The lowest BCUT2D eigenvalue weighted by molar-refractivity contribution is -0.205.